The van der Waals surface area contributed by atoms with Crippen LogP contribution in [0.25, 0.3) is 22.1 Å². The van der Waals surface area contributed by atoms with Gasteiger partial charge < -0.3 is 9.52 Å². The van der Waals surface area contributed by atoms with Crippen molar-refractivity contribution in [3.05, 3.63) is 60.4 Å². The Hall–Kier alpha value is -2.06. The van der Waals surface area contributed by atoms with E-state index in [-0.39, 0.29) is 0 Å². The second-order valence-electron chi connectivity index (χ2n) is 4.69. The van der Waals surface area contributed by atoms with Gasteiger partial charge in [-0.2, -0.15) is 0 Å². The molecule has 0 bridgehead atoms. The van der Waals surface area contributed by atoms with E-state index in [4.69, 9.17) is 4.42 Å². The van der Waals surface area contributed by atoms with Gasteiger partial charge in [0, 0.05) is 5.39 Å². The number of aliphatic hydroxyl groups is 1. The second kappa shape index (κ2) is 4.90. The molecule has 1 heterocycles. The van der Waals surface area contributed by atoms with Crippen molar-refractivity contribution in [2.75, 3.05) is 0 Å². The molecule has 96 valence electrons. The van der Waals surface area contributed by atoms with Crippen molar-refractivity contribution in [1.82, 2.24) is 0 Å². The molecule has 0 radical (unpaired) electrons. The molecule has 0 aliphatic rings. The van der Waals surface area contributed by atoms with E-state index < -0.39 is 6.10 Å². The molecule has 0 fully saturated rings. The maximum atomic E-state index is 9.82. The van der Waals surface area contributed by atoms with Crippen LogP contribution < -0.4 is 0 Å². The summed E-state index contributed by atoms with van der Waals surface area (Å²) in [5.41, 5.74) is 3.16. The molecule has 1 atom stereocenters. The average Bonchev–Trinajstić information content (AvgIpc) is 2.90. The van der Waals surface area contributed by atoms with Gasteiger partial charge in [0.1, 0.15) is 17.4 Å². The van der Waals surface area contributed by atoms with Gasteiger partial charge in [0.05, 0.1) is 0 Å². The van der Waals surface area contributed by atoms with Gasteiger partial charge >= 0.3 is 0 Å². The van der Waals surface area contributed by atoms with Crippen LogP contribution in [0.5, 0.6) is 0 Å². The topological polar surface area (TPSA) is 33.4 Å². The molecule has 1 unspecified atom stereocenters. The molecule has 0 saturated heterocycles. The van der Waals surface area contributed by atoms with Gasteiger partial charge in [-0.1, -0.05) is 43.3 Å². The Bertz CT molecular complexity index is 683. The van der Waals surface area contributed by atoms with Crippen molar-refractivity contribution in [2.24, 2.45) is 0 Å². The van der Waals surface area contributed by atoms with Gasteiger partial charge in [0.25, 0.3) is 0 Å². The van der Waals surface area contributed by atoms with Crippen LogP contribution in [0.3, 0.4) is 0 Å². The van der Waals surface area contributed by atoms with E-state index in [1.54, 1.807) is 0 Å². The number of benzene rings is 2. The fourth-order valence-corrected chi connectivity index (χ4v) is 2.24. The third-order valence-electron chi connectivity index (χ3n) is 3.36. The molecule has 0 amide bonds. The van der Waals surface area contributed by atoms with Crippen molar-refractivity contribution in [2.45, 2.75) is 19.4 Å². The normalized spacial score (nSPS) is 12.7. The Morgan fingerprint density at radius 3 is 2.53 bits per heavy atom. The minimum absolute atomic E-state index is 0.521. The van der Waals surface area contributed by atoms with Crippen molar-refractivity contribution in [1.29, 1.82) is 0 Å². The van der Waals surface area contributed by atoms with Gasteiger partial charge in [-0.3, -0.25) is 0 Å². The van der Waals surface area contributed by atoms with E-state index in [2.05, 4.69) is 18.2 Å². The summed E-state index contributed by atoms with van der Waals surface area (Å²) in [4.78, 5) is 0. The largest absolute Gasteiger partial charge is 0.458 e. The van der Waals surface area contributed by atoms with Crippen LogP contribution in [0.2, 0.25) is 0 Å². The van der Waals surface area contributed by atoms with E-state index in [9.17, 15) is 5.11 Å². The molecule has 3 rings (SSSR count). The summed E-state index contributed by atoms with van der Waals surface area (Å²) in [7, 11) is 0. The van der Waals surface area contributed by atoms with Crippen LogP contribution in [0.4, 0.5) is 0 Å². The van der Waals surface area contributed by atoms with E-state index in [0.717, 1.165) is 16.5 Å². The third kappa shape index (κ3) is 2.27. The van der Waals surface area contributed by atoms with E-state index >= 15 is 0 Å². The summed E-state index contributed by atoms with van der Waals surface area (Å²) < 4.78 is 5.66. The molecule has 19 heavy (non-hydrogen) atoms. The van der Waals surface area contributed by atoms with Gasteiger partial charge in [-0.15, -0.1) is 0 Å². The lowest BCUT2D eigenvalue weighted by molar-refractivity contribution is 0.148. The smallest absolute Gasteiger partial charge is 0.134 e. The molecule has 0 saturated carbocycles. The van der Waals surface area contributed by atoms with Crippen molar-refractivity contribution in [3.8, 4) is 11.1 Å². The first-order valence-corrected chi connectivity index (χ1v) is 6.55. The quantitative estimate of drug-likeness (QED) is 0.742. The van der Waals surface area contributed by atoms with Crippen LogP contribution >= 0.6 is 0 Å². The van der Waals surface area contributed by atoms with Gasteiger partial charge in [-0.25, -0.2) is 0 Å². The molecular formula is C17H16O2. The Kier molecular flexibility index (Phi) is 3.10. The Morgan fingerprint density at radius 2 is 1.79 bits per heavy atom. The van der Waals surface area contributed by atoms with E-state index in [1.807, 2.05) is 43.3 Å². The molecular weight excluding hydrogens is 236 g/mol. The summed E-state index contributed by atoms with van der Waals surface area (Å²) in [5, 5.41) is 10.9. The number of fused-ring (bicyclic) bond motifs is 1. The second-order valence-corrected chi connectivity index (χ2v) is 4.69. The number of furan rings is 1. The minimum Gasteiger partial charge on any atom is -0.458 e. The number of aliphatic hydroxyl groups excluding tert-OH is 1. The Balaban J connectivity index is 2.06. The van der Waals surface area contributed by atoms with Crippen LogP contribution in [0.1, 0.15) is 25.2 Å². The third-order valence-corrected chi connectivity index (χ3v) is 3.36. The molecule has 0 aliphatic heterocycles. The first-order valence-electron chi connectivity index (χ1n) is 6.55. The highest BCUT2D eigenvalue weighted by molar-refractivity contribution is 5.84. The highest BCUT2D eigenvalue weighted by Crippen LogP contribution is 2.29. The molecule has 0 aliphatic carbocycles. The van der Waals surface area contributed by atoms with Gasteiger partial charge in [-0.05, 0) is 35.7 Å². The maximum Gasteiger partial charge on any atom is 0.134 e. The molecule has 2 heteroatoms. The summed E-state index contributed by atoms with van der Waals surface area (Å²) in [6.07, 6.45) is 0.137. The maximum absolute atomic E-state index is 9.82. The molecule has 2 nitrogen and oxygen atoms in total. The van der Waals surface area contributed by atoms with Crippen LogP contribution in [-0.4, -0.2) is 5.11 Å². The van der Waals surface area contributed by atoms with E-state index in [0.29, 0.717) is 12.2 Å². The number of rotatable bonds is 3. The Labute approximate surface area is 112 Å². The first-order chi connectivity index (χ1) is 9.28. The van der Waals surface area contributed by atoms with E-state index in [1.165, 1.54) is 5.56 Å². The lowest BCUT2D eigenvalue weighted by Gasteiger charge is -2.01. The molecule has 1 N–H and O–H groups in total. The lowest BCUT2D eigenvalue weighted by Crippen LogP contribution is -1.90. The summed E-state index contributed by atoms with van der Waals surface area (Å²) in [6.45, 7) is 1.94. The highest BCUT2D eigenvalue weighted by Gasteiger charge is 2.11. The standard InChI is InChI=1S/C17H16O2/c1-2-15(18)17-11-14-10-13(8-9-16(14)19-17)12-6-4-3-5-7-12/h3-11,15,18H,2H2,1H3. The van der Waals surface area contributed by atoms with Crippen LogP contribution in [-0.2, 0) is 0 Å². The summed E-state index contributed by atoms with van der Waals surface area (Å²) in [6, 6.07) is 18.3. The predicted octanol–water partition coefficient (Wildman–Crippen LogP) is 4.54. The summed E-state index contributed by atoms with van der Waals surface area (Å²) >= 11 is 0. The highest BCUT2D eigenvalue weighted by atomic mass is 16.4. The molecule has 0 spiro atoms. The lowest BCUT2D eigenvalue weighted by atomic mass is 10.0. The Morgan fingerprint density at radius 1 is 1.00 bits per heavy atom. The van der Waals surface area contributed by atoms with Crippen LogP contribution in [0, 0.1) is 0 Å². The number of hydrogen-bond donors (Lipinski definition) is 1. The molecule has 3 aromatic rings. The van der Waals surface area contributed by atoms with Crippen molar-refractivity contribution >= 4 is 11.0 Å². The van der Waals surface area contributed by atoms with Crippen molar-refractivity contribution in [3.63, 3.8) is 0 Å². The molecule has 2 aromatic carbocycles. The predicted molar refractivity (Wildman–Crippen MR) is 76.9 cm³/mol. The molecule has 1 aromatic heterocycles. The fraction of sp³-hybridized carbons (Fsp3) is 0.176. The zero-order valence-corrected chi connectivity index (χ0v) is 10.8. The first kappa shape index (κ1) is 12.0. The van der Waals surface area contributed by atoms with Crippen molar-refractivity contribution < 1.29 is 9.52 Å². The zero-order valence-electron chi connectivity index (χ0n) is 10.8. The number of hydrogen-bond acceptors (Lipinski definition) is 2. The minimum atomic E-state index is -0.521. The fourth-order valence-electron chi connectivity index (χ4n) is 2.24. The van der Waals surface area contributed by atoms with Gasteiger partial charge in [0.2, 0.25) is 0 Å². The van der Waals surface area contributed by atoms with Gasteiger partial charge in [0.15, 0.2) is 0 Å². The van der Waals surface area contributed by atoms with Crippen LogP contribution in [0.15, 0.2) is 59.0 Å². The average molecular weight is 252 g/mol. The monoisotopic (exact) mass is 252 g/mol. The zero-order chi connectivity index (χ0) is 13.2. The SMILES string of the molecule is CCC(O)c1cc2cc(-c3ccccc3)ccc2o1. The summed E-state index contributed by atoms with van der Waals surface area (Å²) in [5.74, 6) is 0.641.